The van der Waals surface area contributed by atoms with Crippen molar-refractivity contribution in [1.82, 2.24) is 4.98 Å². The molecule has 0 radical (unpaired) electrons. The van der Waals surface area contributed by atoms with Crippen molar-refractivity contribution < 1.29 is 9.31 Å². The molecule has 1 aromatic heterocycles. The van der Waals surface area contributed by atoms with E-state index in [0.717, 1.165) is 6.20 Å². The lowest BCUT2D eigenvalue weighted by Crippen LogP contribution is -1.94. The van der Waals surface area contributed by atoms with Gasteiger partial charge in [0.15, 0.2) is 0 Å². The zero-order valence-corrected chi connectivity index (χ0v) is 7.41. The van der Waals surface area contributed by atoms with Crippen molar-refractivity contribution in [3.63, 3.8) is 0 Å². The van der Waals surface area contributed by atoms with Crippen LogP contribution in [0.1, 0.15) is 5.56 Å². The number of rotatable bonds is 2. The van der Waals surface area contributed by atoms with Gasteiger partial charge in [0.05, 0.1) is 0 Å². The van der Waals surface area contributed by atoms with Crippen molar-refractivity contribution in [2.75, 3.05) is 0 Å². The van der Waals surface area contributed by atoms with E-state index in [1.54, 1.807) is 0 Å². The summed E-state index contributed by atoms with van der Waals surface area (Å²) in [5, 5.41) is 10.2. The highest BCUT2D eigenvalue weighted by Crippen LogP contribution is 2.22. The summed E-state index contributed by atoms with van der Waals surface area (Å²) in [4.78, 5) is 13.1. The van der Waals surface area contributed by atoms with E-state index in [2.05, 4.69) is 20.9 Å². The molecule has 1 heterocycles. The van der Waals surface area contributed by atoms with E-state index >= 15 is 0 Å². The second-order valence-electron chi connectivity index (χ2n) is 2.04. The molecular weight excluding hydrogens is 231 g/mol. The molecule has 0 aliphatic rings. The van der Waals surface area contributed by atoms with E-state index in [4.69, 9.17) is 0 Å². The topological polar surface area (TPSA) is 56.0 Å². The number of aromatic nitrogens is 1. The fourth-order valence-electron chi connectivity index (χ4n) is 0.678. The van der Waals surface area contributed by atoms with Crippen molar-refractivity contribution in [1.29, 1.82) is 0 Å². The van der Waals surface area contributed by atoms with E-state index < -0.39 is 11.6 Å². The van der Waals surface area contributed by atoms with E-state index in [1.165, 1.54) is 6.07 Å². The van der Waals surface area contributed by atoms with E-state index in [9.17, 15) is 14.5 Å². The number of halogens is 2. The number of hydrogen-bond acceptors (Lipinski definition) is 3. The Labute approximate surface area is 75.7 Å². The summed E-state index contributed by atoms with van der Waals surface area (Å²) in [6.45, 7) is -0.677. The highest BCUT2D eigenvalue weighted by molar-refractivity contribution is 9.10. The number of alkyl halides is 1. The van der Waals surface area contributed by atoms with Gasteiger partial charge >= 0.3 is 5.82 Å². The smallest absolute Gasteiger partial charge is 0.358 e. The van der Waals surface area contributed by atoms with Crippen molar-refractivity contribution >= 4 is 21.7 Å². The first-order chi connectivity index (χ1) is 5.65. The molecule has 0 saturated heterocycles. The first-order valence-electron chi connectivity index (χ1n) is 3.00. The van der Waals surface area contributed by atoms with Gasteiger partial charge in [-0.1, -0.05) is 0 Å². The van der Waals surface area contributed by atoms with Gasteiger partial charge in [-0.15, -0.1) is 0 Å². The second kappa shape index (κ2) is 3.57. The Bertz CT molecular complexity index is 318. The molecule has 4 nitrogen and oxygen atoms in total. The van der Waals surface area contributed by atoms with Gasteiger partial charge in [-0.2, -0.15) is 0 Å². The van der Waals surface area contributed by atoms with Gasteiger partial charge in [-0.25, -0.2) is 4.39 Å². The average Bonchev–Trinajstić information content (AvgIpc) is 2.03. The number of pyridine rings is 1. The third-order valence-electron chi connectivity index (χ3n) is 1.21. The van der Waals surface area contributed by atoms with Crippen LogP contribution < -0.4 is 0 Å². The van der Waals surface area contributed by atoms with Gasteiger partial charge in [0, 0.05) is 5.56 Å². The Morgan fingerprint density at radius 3 is 2.83 bits per heavy atom. The molecule has 0 fully saturated rings. The summed E-state index contributed by atoms with van der Waals surface area (Å²) >= 11 is 2.92. The monoisotopic (exact) mass is 234 g/mol. The number of nitro groups is 1. The lowest BCUT2D eigenvalue weighted by Gasteiger charge is -1.95. The van der Waals surface area contributed by atoms with Gasteiger partial charge in [0.1, 0.15) is 17.3 Å². The molecule has 0 amide bonds. The predicted molar refractivity (Wildman–Crippen MR) is 43.4 cm³/mol. The van der Waals surface area contributed by atoms with Crippen LogP contribution in [-0.2, 0) is 6.67 Å². The van der Waals surface area contributed by atoms with Crippen molar-refractivity contribution in [3.05, 3.63) is 32.4 Å². The van der Waals surface area contributed by atoms with E-state index in [0.29, 0.717) is 5.56 Å². The Balaban J connectivity index is 3.12. The first kappa shape index (κ1) is 9.05. The average molecular weight is 235 g/mol. The highest BCUT2D eigenvalue weighted by atomic mass is 79.9. The van der Waals surface area contributed by atoms with E-state index in [-0.39, 0.29) is 10.3 Å². The van der Waals surface area contributed by atoms with Gasteiger partial charge < -0.3 is 10.1 Å². The zero-order valence-electron chi connectivity index (χ0n) is 5.83. The Kier molecular flexibility index (Phi) is 2.69. The normalized spacial score (nSPS) is 9.83. The fraction of sp³-hybridized carbons (Fsp3) is 0.167. The van der Waals surface area contributed by atoms with Crippen LogP contribution in [-0.4, -0.2) is 9.91 Å². The molecule has 0 aromatic carbocycles. The molecule has 64 valence electrons. The van der Waals surface area contributed by atoms with Crippen LogP contribution in [0.2, 0.25) is 0 Å². The second-order valence-corrected chi connectivity index (χ2v) is 2.89. The molecule has 1 aromatic rings. The van der Waals surface area contributed by atoms with Crippen LogP contribution >= 0.6 is 15.9 Å². The van der Waals surface area contributed by atoms with E-state index in [1.807, 2.05) is 0 Å². The largest absolute Gasteiger partial charge is 0.377 e. The molecule has 0 atom stereocenters. The number of nitrogens with zero attached hydrogens (tertiary/aromatic N) is 2. The summed E-state index contributed by atoms with van der Waals surface area (Å²) in [5.41, 5.74) is 0.312. The van der Waals surface area contributed by atoms with Gasteiger partial charge in [0.2, 0.25) is 0 Å². The number of hydrogen-bond donors (Lipinski definition) is 0. The van der Waals surface area contributed by atoms with Gasteiger partial charge in [0.25, 0.3) is 0 Å². The summed E-state index contributed by atoms with van der Waals surface area (Å²) in [6.07, 6.45) is 1.14. The predicted octanol–water partition coefficient (Wildman–Crippen LogP) is 2.22. The van der Waals surface area contributed by atoms with Crippen LogP contribution in [0.3, 0.4) is 0 Å². The summed E-state index contributed by atoms with van der Waals surface area (Å²) < 4.78 is 12.2. The molecule has 0 unspecified atom stereocenters. The Hall–Kier alpha value is -1.04. The molecule has 0 saturated carbocycles. The molecule has 12 heavy (non-hydrogen) atoms. The lowest BCUT2D eigenvalue weighted by molar-refractivity contribution is -0.390. The molecule has 6 heteroatoms. The van der Waals surface area contributed by atoms with Gasteiger partial charge in [-0.05, 0) is 31.9 Å². The summed E-state index contributed by atoms with van der Waals surface area (Å²) in [6, 6.07) is 1.34. The molecule has 0 aliphatic carbocycles. The minimum Gasteiger partial charge on any atom is -0.358 e. The fourth-order valence-corrected chi connectivity index (χ4v) is 1.22. The first-order valence-corrected chi connectivity index (χ1v) is 3.79. The van der Waals surface area contributed by atoms with Crippen LogP contribution in [0.25, 0.3) is 0 Å². The summed E-state index contributed by atoms with van der Waals surface area (Å²) in [7, 11) is 0. The Morgan fingerprint density at radius 1 is 1.75 bits per heavy atom. The van der Waals surface area contributed by atoms with Crippen LogP contribution in [0.5, 0.6) is 0 Å². The van der Waals surface area contributed by atoms with Crippen molar-refractivity contribution in [2.45, 2.75) is 6.67 Å². The molecule has 0 spiro atoms. The molecular formula is C6H4BrFN2O2. The standard InChI is InChI=1S/C6H4BrFN2O2/c7-5-1-4(2-8)3-9-6(5)10(11)12/h1,3H,2H2. The van der Waals surface area contributed by atoms with Crippen molar-refractivity contribution in [2.24, 2.45) is 0 Å². The van der Waals surface area contributed by atoms with Crippen LogP contribution in [0.4, 0.5) is 10.2 Å². The molecule has 1 rings (SSSR count). The van der Waals surface area contributed by atoms with Gasteiger partial charge in [-0.3, -0.25) is 0 Å². The highest BCUT2D eigenvalue weighted by Gasteiger charge is 2.13. The molecule has 0 bridgehead atoms. The SMILES string of the molecule is O=[N+]([O-])c1ncc(CF)cc1Br. The minimum absolute atomic E-state index is 0.197. The zero-order chi connectivity index (χ0) is 9.14. The quantitative estimate of drug-likeness (QED) is 0.583. The lowest BCUT2D eigenvalue weighted by atomic mass is 10.3. The summed E-state index contributed by atoms with van der Waals surface area (Å²) in [5.74, 6) is -0.299. The maximum atomic E-state index is 12.0. The van der Waals surface area contributed by atoms with Crippen LogP contribution in [0, 0.1) is 10.1 Å². The maximum absolute atomic E-state index is 12.0. The third-order valence-corrected chi connectivity index (χ3v) is 1.79. The van der Waals surface area contributed by atoms with Crippen molar-refractivity contribution in [3.8, 4) is 0 Å². The van der Waals surface area contributed by atoms with Crippen LogP contribution in [0.15, 0.2) is 16.7 Å². The minimum atomic E-state index is -0.677. The maximum Gasteiger partial charge on any atom is 0.377 e. The molecule has 0 N–H and O–H groups in total. The molecule has 0 aliphatic heterocycles. The Morgan fingerprint density at radius 2 is 2.42 bits per heavy atom. The third kappa shape index (κ3) is 1.76.